The molecule has 0 unspecified atom stereocenters. The minimum absolute atomic E-state index is 0.113. The van der Waals surface area contributed by atoms with E-state index in [1.165, 1.54) is 12.1 Å². The molecule has 3 heterocycles. The highest BCUT2D eigenvalue weighted by Gasteiger charge is 2.31. The Balaban J connectivity index is 1.35. The van der Waals surface area contributed by atoms with Crippen LogP contribution < -0.4 is 10.2 Å². The summed E-state index contributed by atoms with van der Waals surface area (Å²) in [7, 11) is 0. The van der Waals surface area contributed by atoms with E-state index in [4.69, 9.17) is 0 Å². The van der Waals surface area contributed by atoms with Gasteiger partial charge in [0.2, 0.25) is 0 Å². The maximum atomic E-state index is 13.0. The summed E-state index contributed by atoms with van der Waals surface area (Å²) in [6.45, 7) is 3.71. The first-order valence-corrected chi connectivity index (χ1v) is 11.1. The molecular formula is C26H23F3N4O. The number of H-pyrrole nitrogens is 1. The molecular weight excluding hydrogens is 441 g/mol. The summed E-state index contributed by atoms with van der Waals surface area (Å²) in [5.41, 5.74) is 3.89. The van der Waals surface area contributed by atoms with Gasteiger partial charge in [-0.2, -0.15) is 13.2 Å². The highest BCUT2D eigenvalue weighted by atomic mass is 19.4. The molecule has 34 heavy (non-hydrogen) atoms. The van der Waals surface area contributed by atoms with Crippen molar-refractivity contribution in [3.63, 3.8) is 0 Å². The number of carbonyl (C=O) groups is 1. The van der Waals surface area contributed by atoms with Crippen molar-refractivity contribution < 1.29 is 18.0 Å². The molecule has 8 heteroatoms. The number of rotatable bonds is 4. The maximum Gasteiger partial charge on any atom is 0.416 e. The van der Waals surface area contributed by atoms with Gasteiger partial charge in [-0.1, -0.05) is 12.1 Å². The number of pyridine rings is 1. The van der Waals surface area contributed by atoms with Crippen LogP contribution >= 0.6 is 0 Å². The van der Waals surface area contributed by atoms with E-state index in [2.05, 4.69) is 20.2 Å². The van der Waals surface area contributed by atoms with E-state index in [-0.39, 0.29) is 11.6 Å². The van der Waals surface area contributed by atoms with Crippen molar-refractivity contribution in [2.75, 3.05) is 23.3 Å². The van der Waals surface area contributed by atoms with Gasteiger partial charge in [-0.3, -0.25) is 4.79 Å². The minimum atomic E-state index is -4.47. The number of fused-ring (bicyclic) bond motifs is 1. The first-order valence-electron chi connectivity index (χ1n) is 11.1. The first-order chi connectivity index (χ1) is 16.3. The molecule has 5 rings (SSSR count). The molecule has 0 bridgehead atoms. The lowest BCUT2D eigenvalue weighted by atomic mass is 9.92. The van der Waals surface area contributed by atoms with Crippen molar-refractivity contribution in [3.8, 4) is 0 Å². The second-order valence-corrected chi connectivity index (χ2v) is 8.61. The SMILES string of the molecule is Cc1ccc(C(=O)Nc2cccc(C(F)(F)F)c2)cc1[C@@H]1CCN(c2ccnc3[nH]ccc23)C1. The van der Waals surface area contributed by atoms with Crippen LogP contribution in [0.25, 0.3) is 11.0 Å². The largest absolute Gasteiger partial charge is 0.416 e. The zero-order chi connectivity index (χ0) is 23.9. The number of benzene rings is 2. The number of alkyl halides is 3. The van der Waals surface area contributed by atoms with E-state index in [1.807, 2.05) is 37.4 Å². The van der Waals surface area contributed by atoms with Gasteiger partial charge >= 0.3 is 6.18 Å². The number of aryl methyl sites for hydroxylation is 1. The third kappa shape index (κ3) is 4.23. The Labute approximate surface area is 194 Å². The number of amides is 1. The number of anilines is 2. The van der Waals surface area contributed by atoms with Crippen molar-refractivity contribution in [2.24, 2.45) is 0 Å². The van der Waals surface area contributed by atoms with Crippen LogP contribution in [0.4, 0.5) is 24.5 Å². The van der Waals surface area contributed by atoms with E-state index < -0.39 is 17.6 Å². The Bertz CT molecular complexity index is 1360. The van der Waals surface area contributed by atoms with Crippen LogP contribution in [0.3, 0.4) is 0 Å². The zero-order valence-corrected chi connectivity index (χ0v) is 18.5. The summed E-state index contributed by atoms with van der Waals surface area (Å²) in [5, 5.41) is 3.68. The summed E-state index contributed by atoms with van der Waals surface area (Å²) < 4.78 is 39.0. The molecule has 0 saturated carbocycles. The highest BCUT2D eigenvalue weighted by Crippen LogP contribution is 2.35. The number of halogens is 3. The number of hydrogen-bond donors (Lipinski definition) is 2. The predicted molar refractivity (Wildman–Crippen MR) is 126 cm³/mol. The van der Waals surface area contributed by atoms with Crippen LogP contribution in [0.5, 0.6) is 0 Å². The van der Waals surface area contributed by atoms with Crippen LogP contribution in [0, 0.1) is 6.92 Å². The molecule has 2 aromatic carbocycles. The summed E-state index contributed by atoms with van der Waals surface area (Å²) in [6.07, 6.45) is 0.150. The average molecular weight is 464 g/mol. The van der Waals surface area contributed by atoms with Crippen LogP contribution in [-0.2, 0) is 6.18 Å². The molecule has 1 aliphatic rings. The fraction of sp³-hybridized carbons (Fsp3) is 0.231. The van der Waals surface area contributed by atoms with Gasteiger partial charge < -0.3 is 15.2 Å². The van der Waals surface area contributed by atoms with Crippen LogP contribution in [0.2, 0.25) is 0 Å². The Kier molecular flexibility index (Phi) is 5.51. The smallest absolute Gasteiger partial charge is 0.370 e. The van der Waals surface area contributed by atoms with Gasteiger partial charge in [0.05, 0.1) is 5.56 Å². The average Bonchev–Trinajstić information content (AvgIpc) is 3.49. The van der Waals surface area contributed by atoms with E-state index >= 15 is 0 Å². The van der Waals surface area contributed by atoms with Gasteiger partial charge in [0.1, 0.15) is 5.65 Å². The lowest BCUT2D eigenvalue weighted by Crippen LogP contribution is -2.20. The van der Waals surface area contributed by atoms with Crippen LogP contribution in [0.1, 0.15) is 39.4 Å². The summed E-state index contributed by atoms with van der Waals surface area (Å²) in [6, 6.07) is 14.2. The zero-order valence-electron chi connectivity index (χ0n) is 18.5. The Hall–Kier alpha value is -3.81. The molecule has 1 amide bonds. The number of hydrogen-bond acceptors (Lipinski definition) is 3. The molecule has 2 N–H and O–H groups in total. The molecule has 0 aliphatic carbocycles. The summed E-state index contributed by atoms with van der Waals surface area (Å²) >= 11 is 0. The van der Waals surface area contributed by atoms with Gasteiger partial charge in [0.15, 0.2) is 0 Å². The number of carbonyl (C=O) groups excluding carboxylic acids is 1. The highest BCUT2D eigenvalue weighted by molar-refractivity contribution is 6.04. The molecule has 1 saturated heterocycles. The molecule has 174 valence electrons. The Morgan fingerprint density at radius 3 is 2.82 bits per heavy atom. The van der Waals surface area contributed by atoms with Crippen molar-refractivity contribution in [3.05, 3.63) is 89.2 Å². The van der Waals surface area contributed by atoms with E-state index in [1.54, 1.807) is 12.3 Å². The molecule has 0 spiro atoms. The second kappa shape index (κ2) is 8.52. The Morgan fingerprint density at radius 2 is 2.00 bits per heavy atom. The van der Waals surface area contributed by atoms with E-state index in [9.17, 15) is 18.0 Å². The third-order valence-electron chi connectivity index (χ3n) is 6.40. The maximum absolute atomic E-state index is 13.0. The lowest BCUT2D eigenvalue weighted by molar-refractivity contribution is -0.137. The van der Waals surface area contributed by atoms with Crippen molar-refractivity contribution in [2.45, 2.75) is 25.4 Å². The molecule has 1 fully saturated rings. The normalized spacial score (nSPS) is 16.2. The van der Waals surface area contributed by atoms with Gasteiger partial charge in [-0.25, -0.2) is 4.98 Å². The van der Waals surface area contributed by atoms with Crippen molar-refractivity contribution in [1.29, 1.82) is 0 Å². The summed E-state index contributed by atoms with van der Waals surface area (Å²) in [5.74, 6) is -0.193. The number of nitrogens with one attached hydrogen (secondary N) is 2. The van der Waals surface area contributed by atoms with E-state index in [0.717, 1.165) is 59.5 Å². The molecule has 1 atom stereocenters. The lowest BCUT2D eigenvalue weighted by Gasteiger charge is -2.20. The van der Waals surface area contributed by atoms with Crippen molar-refractivity contribution in [1.82, 2.24) is 9.97 Å². The molecule has 1 aliphatic heterocycles. The fourth-order valence-electron chi connectivity index (χ4n) is 4.65. The standard InChI is InChI=1S/C26H23F3N4O/c1-16-5-6-17(25(34)32-20-4-2-3-19(14-20)26(27,28)29)13-22(16)18-9-12-33(15-18)23-8-11-31-24-21(23)7-10-30-24/h2-8,10-11,13-14,18H,9,12,15H2,1H3,(H,30,31)(H,32,34)/t18-/m1/s1. The quantitative estimate of drug-likeness (QED) is 0.382. The van der Waals surface area contributed by atoms with Crippen molar-refractivity contribution >= 4 is 28.3 Å². The second-order valence-electron chi connectivity index (χ2n) is 8.61. The first kappa shape index (κ1) is 22.0. The number of aromatic amines is 1. The topological polar surface area (TPSA) is 61.0 Å². The summed E-state index contributed by atoms with van der Waals surface area (Å²) in [4.78, 5) is 22.7. The van der Waals surface area contributed by atoms with Crippen LogP contribution in [0.15, 0.2) is 67.0 Å². The van der Waals surface area contributed by atoms with Gasteiger partial charge in [-0.05, 0) is 66.9 Å². The number of nitrogens with zero attached hydrogens (tertiary/aromatic N) is 2. The molecule has 5 nitrogen and oxygen atoms in total. The van der Waals surface area contributed by atoms with Gasteiger partial charge in [0.25, 0.3) is 5.91 Å². The number of aromatic nitrogens is 2. The van der Waals surface area contributed by atoms with E-state index in [0.29, 0.717) is 5.56 Å². The van der Waals surface area contributed by atoms with Crippen LogP contribution in [-0.4, -0.2) is 29.0 Å². The predicted octanol–water partition coefficient (Wildman–Crippen LogP) is 6.14. The minimum Gasteiger partial charge on any atom is -0.370 e. The molecule has 2 aromatic heterocycles. The molecule has 0 radical (unpaired) electrons. The fourth-order valence-corrected chi connectivity index (χ4v) is 4.65. The molecule has 4 aromatic rings. The van der Waals surface area contributed by atoms with Gasteiger partial charge in [0, 0.05) is 53.7 Å². The van der Waals surface area contributed by atoms with Gasteiger partial charge in [-0.15, -0.1) is 0 Å². The Morgan fingerprint density at radius 1 is 1.15 bits per heavy atom. The third-order valence-corrected chi connectivity index (χ3v) is 6.40. The monoisotopic (exact) mass is 464 g/mol.